The predicted molar refractivity (Wildman–Crippen MR) is 46.6 cm³/mol. The maximum absolute atomic E-state index is 8.57. The summed E-state index contributed by atoms with van der Waals surface area (Å²) in [5, 5.41) is 11.5. The van der Waals surface area contributed by atoms with Gasteiger partial charge in [0, 0.05) is 6.54 Å². The van der Waals surface area contributed by atoms with Crippen molar-refractivity contribution in [3.63, 3.8) is 0 Å². The van der Waals surface area contributed by atoms with Crippen LogP contribution in [0.25, 0.3) is 0 Å². The van der Waals surface area contributed by atoms with Crippen molar-refractivity contribution < 1.29 is 14.6 Å². The van der Waals surface area contributed by atoms with E-state index in [0.717, 1.165) is 11.5 Å². The van der Waals surface area contributed by atoms with Crippen molar-refractivity contribution in [2.75, 3.05) is 13.2 Å². The van der Waals surface area contributed by atoms with Crippen LogP contribution in [-0.2, 0) is 0 Å². The quantitative estimate of drug-likeness (QED) is 0.705. The minimum atomic E-state index is -0.468. The summed E-state index contributed by atoms with van der Waals surface area (Å²) in [6, 6.07) is 7.46. The molecule has 0 unspecified atom stereocenters. The van der Waals surface area contributed by atoms with Gasteiger partial charge in [0.2, 0.25) is 0 Å². The fraction of sp³-hybridized carbons (Fsp3) is 0.333. The molecule has 2 N–H and O–H groups in total. The van der Waals surface area contributed by atoms with Crippen molar-refractivity contribution in [1.82, 2.24) is 5.32 Å². The molecular weight excluding hydrogens is 170 g/mol. The van der Waals surface area contributed by atoms with E-state index in [9.17, 15) is 0 Å². The van der Waals surface area contributed by atoms with Crippen molar-refractivity contribution in [2.24, 2.45) is 0 Å². The number of hydrogen-bond acceptors (Lipinski definition) is 4. The number of fused-ring (bicyclic) bond motifs is 1. The average Bonchev–Trinajstić information content (AvgIpc) is 2.57. The van der Waals surface area contributed by atoms with E-state index in [-0.39, 0.29) is 6.61 Å². The van der Waals surface area contributed by atoms with Gasteiger partial charge in [0.1, 0.15) is 0 Å². The molecule has 1 aliphatic heterocycles. The molecular formula is C9H11NO3. The molecule has 0 spiro atoms. The summed E-state index contributed by atoms with van der Waals surface area (Å²) < 4.78 is 10.7. The molecule has 1 heterocycles. The Kier molecular flexibility index (Phi) is 2.33. The second kappa shape index (κ2) is 3.64. The van der Waals surface area contributed by atoms with Gasteiger partial charge in [-0.15, -0.1) is 0 Å². The lowest BCUT2D eigenvalue weighted by atomic mass is 10.3. The number of ether oxygens (including phenoxy) is 2. The summed E-state index contributed by atoms with van der Waals surface area (Å²) in [6.07, 6.45) is -0.468. The van der Waals surface area contributed by atoms with Gasteiger partial charge in [-0.2, -0.15) is 0 Å². The molecule has 0 saturated carbocycles. The molecule has 2 rings (SSSR count). The molecule has 0 atom stereocenters. The first-order valence-electron chi connectivity index (χ1n) is 4.17. The van der Waals surface area contributed by atoms with Gasteiger partial charge in [-0.1, -0.05) is 12.1 Å². The molecule has 0 bridgehead atoms. The Balaban J connectivity index is 1.97. The first kappa shape index (κ1) is 8.34. The Labute approximate surface area is 76.1 Å². The minimum absolute atomic E-state index is 0.0690. The highest BCUT2D eigenvalue weighted by Gasteiger charge is 2.22. The van der Waals surface area contributed by atoms with Crippen LogP contribution in [0, 0.1) is 0 Å². The van der Waals surface area contributed by atoms with E-state index in [4.69, 9.17) is 14.6 Å². The van der Waals surface area contributed by atoms with Gasteiger partial charge in [-0.25, -0.2) is 5.32 Å². The normalized spacial score (nSPS) is 14.8. The zero-order chi connectivity index (χ0) is 9.10. The van der Waals surface area contributed by atoms with Crippen LogP contribution >= 0.6 is 0 Å². The van der Waals surface area contributed by atoms with E-state index in [1.165, 1.54) is 0 Å². The van der Waals surface area contributed by atoms with E-state index in [1.807, 2.05) is 24.3 Å². The van der Waals surface area contributed by atoms with Crippen LogP contribution < -0.4 is 14.8 Å². The lowest BCUT2D eigenvalue weighted by molar-refractivity contribution is 0.0150. The van der Waals surface area contributed by atoms with E-state index in [2.05, 4.69) is 5.32 Å². The summed E-state index contributed by atoms with van der Waals surface area (Å²) in [5.41, 5.74) is 0. The molecule has 4 heteroatoms. The smallest absolute Gasteiger partial charge is 0.302 e. The highest BCUT2D eigenvalue weighted by atomic mass is 16.7. The molecule has 0 aromatic heterocycles. The lowest BCUT2D eigenvalue weighted by Crippen LogP contribution is -2.37. The zero-order valence-corrected chi connectivity index (χ0v) is 7.06. The van der Waals surface area contributed by atoms with E-state index in [0.29, 0.717) is 6.54 Å². The Morgan fingerprint density at radius 1 is 1.23 bits per heavy atom. The van der Waals surface area contributed by atoms with Crippen molar-refractivity contribution in [3.8, 4) is 11.5 Å². The summed E-state index contributed by atoms with van der Waals surface area (Å²) in [6.45, 7) is 0.526. The highest BCUT2D eigenvalue weighted by Crippen LogP contribution is 2.32. The molecule has 0 radical (unpaired) electrons. The molecule has 0 amide bonds. The van der Waals surface area contributed by atoms with Crippen molar-refractivity contribution >= 4 is 0 Å². The summed E-state index contributed by atoms with van der Waals surface area (Å²) >= 11 is 0. The van der Waals surface area contributed by atoms with Crippen LogP contribution in [0.15, 0.2) is 24.3 Å². The highest BCUT2D eigenvalue weighted by molar-refractivity contribution is 5.41. The van der Waals surface area contributed by atoms with Crippen molar-refractivity contribution in [3.05, 3.63) is 24.3 Å². The van der Waals surface area contributed by atoms with Gasteiger partial charge >= 0.3 is 6.41 Å². The van der Waals surface area contributed by atoms with Gasteiger partial charge < -0.3 is 14.6 Å². The second-order valence-electron chi connectivity index (χ2n) is 2.69. The molecule has 4 nitrogen and oxygen atoms in total. The van der Waals surface area contributed by atoms with Crippen LogP contribution in [-0.4, -0.2) is 24.7 Å². The predicted octanol–water partition coefficient (Wildman–Crippen LogP) is 0.323. The summed E-state index contributed by atoms with van der Waals surface area (Å²) in [7, 11) is 0. The van der Waals surface area contributed by atoms with Crippen molar-refractivity contribution in [1.29, 1.82) is 0 Å². The van der Waals surface area contributed by atoms with Crippen LogP contribution in [0.2, 0.25) is 0 Å². The molecule has 0 fully saturated rings. The molecule has 1 aliphatic rings. The minimum Gasteiger partial charge on any atom is -0.438 e. The monoisotopic (exact) mass is 181 g/mol. The van der Waals surface area contributed by atoms with Gasteiger partial charge in [0.25, 0.3) is 0 Å². The van der Waals surface area contributed by atoms with Gasteiger partial charge in [0.15, 0.2) is 11.5 Å². The van der Waals surface area contributed by atoms with Gasteiger partial charge in [-0.05, 0) is 12.1 Å². The van der Waals surface area contributed by atoms with E-state index in [1.54, 1.807) is 0 Å². The first-order chi connectivity index (χ1) is 6.40. The number of benzene rings is 1. The summed E-state index contributed by atoms with van der Waals surface area (Å²) in [4.78, 5) is 0. The third-order valence-electron chi connectivity index (χ3n) is 1.74. The topological polar surface area (TPSA) is 50.7 Å². The largest absolute Gasteiger partial charge is 0.438 e. The Hall–Kier alpha value is -1.26. The van der Waals surface area contributed by atoms with Crippen LogP contribution in [0.1, 0.15) is 0 Å². The lowest BCUT2D eigenvalue weighted by Gasteiger charge is -2.10. The number of para-hydroxylation sites is 2. The van der Waals surface area contributed by atoms with Crippen LogP contribution in [0.5, 0.6) is 11.5 Å². The average molecular weight is 181 g/mol. The number of rotatable bonds is 3. The van der Waals surface area contributed by atoms with E-state index >= 15 is 0 Å². The number of hydrogen-bond donors (Lipinski definition) is 2. The van der Waals surface area contributed by atoms with Crippen LogP contribution in [0.3, 0.4) is 0 Å². The van der Waals surface area contributed by atoms with E-state index < -0.39 is 6.41 Å². The fourth-order valence-electron chi connectivity index (χ4n) is 1.17. The van der Waals surface area contributed by atoms with Gasteiger partial charge in [-0.3, -0.25) is 0 Å². The first-order valence-corrected chi connectivity index (χ1v) is 4.17. The molecule has 13 heavy (non-hydrogen) atoms. The van der Waals surface area contributed by atoms with Crippen molar-refractivity contribution in [2.45, 2.75) is 6.41 Å². The SMILES string of the molecule is OCCNC1Oc2ccccc2O1. The fourth-order valence-corrected chi connectivity index (χ4v) is 1.17. The standard InChI is InChI=1S/C9H11NO3/c11-6-5-10-9-12-7-3-1-2-4-8(7)13-9/h1-4,9-11H,5-6H2. The number of nitrogens with one attached hydrogen (secondary N) is 1. The Morgan fingerprint density at radius 3 is 2.38 bits per heavy atom. The summed E-state index contributed by atoms with van der Waals surface area (Å²) in [5.74, 6) is 1.47. The Morgan fingerprint density at radius 2 is 1.85 bits per heavy atom. The maximum atomic E-state index is 8.57. The molecule has 70 valence electrons. The molecule has 0 saturated heterocycles. The number of aliphatic hydroxyl groups is 1. The molecule has 0 aliphatic carbocycles. The second-order valence-corrected chi connectivity index (χ2v) is 2.69. The van der Waals surface area contributed by atoms with Gasteiger partial charge in [0.05, 0.1) is 6.61 Å². The third kappa shape index (κ3) is 1.74. The Bertz CT molecular complexity index is 265. The maximum Gasteiger partial charge on any atom is 0.302 e. The molecule has 1 aromatic rings. The van der Waals surface area contributed by atoms with Crippen LogP contribution in [0.4, 0.5) is 0 Å². The third-order valence-corrected chi connectivity index (χ3v) is 1.74. The number of aliphatic hydroxyl groups excluding tert-OH is 1. The molecule has 1 aromatic carbocycles. The zero-order valence-electron chi connectivity index (χ0n) is 7.06.